The molecule has 28 heavy (non-hydrogen) atoms. The predicted octanol–water partition coefficient (Wildman–Crippen LogP) is 3.04. The summed E-state index contributed by atoms with van der Waals surface area (Å²) in [5, 5.41) is 2.79. The summed E-state index contributed by atoms with van der Waals surface area (Å²) < 4.78 is 33.2. The van der Waals surface area contributed by atoms with E-state index in [2.05, 4.69) is 12.2 Å². The molecule has 0 aromatic heterocycles. The van der Waals surface area contributed by atoms with Crippen LogP contribution >= 0.6 is 0 Å². The second-order valence-electron chi connectivity index (χ2n) is 6.88. The Morgan fingerprint density at radius 3 is 2.75 bits per heavy atom. The standard InChI is InChI=1S/C21H26N2O4S/c1-3-4-12-22-21(24)15-27-20-10-9-18(14-16(20)2)28(25,26)23-13-11-17-7-5-6-8-19(17)23/h5-10,14H,3-4,11-13,15H2,1-2H3,(H,22,24). The molecule has 150 valence electrons. The van der Waals surface area contributed by atoms with Gasteiger partial charge in [-0.15, -0.1) is 0 Å². The summed E-state index contributed by atoms with van der Waals surface area (Å²) in [6.45, 7) is 4.82. The minimum atomic E-state index is -3.64. The fourth-order valence-electron chi connectivity index (χ4n) is 3.23. The highest BCUT2D eigenvalue weighted by Gasteiger charge is 2.30. The summed E-state index contributed by atoms with van der Waals surface area (Å²) >= 11 is 0. The fraction of sp³-hybridized carbons (Fsp3) is 0.381. The van der Waals surface area contributed by atoms with Crippen molar-refractivity contribution >= 4 is 21.6 Å². The SMILES string of the molecule is CCCCNC(=O)COc1ccc(S(=O)(=O)N2CCc3ccccc32)cc1C. The highest BCUT2D eigenvalue weighted by Crippen LogP contribution is 2.33. The second-order valence-corrected chi connectivity index (χ2v) is 8.74. The van der Waals surface area contributed by atoms with E-state index in [0.717, 1.165) is 24.1 Å². The first-order chi connectivity index (χ1) is 13.4. The molecule has 0 fully saturated rings. The average Bonchev–Trinajstić information content (AvgIpc) is 3.12. The largest absolute Gasteiger partial charge is 0.484 e. The van der Waals surface area contributed by atoms with Gasteiger partial charge in [0.05, 0.1) is 10.6 Å². The number of hydrogen-bond acceptors (Lipinski definition) is 4. The van der Waals surface area contributed by atoms with Crippen LogP contribution in [0.25, 0.3) is 0 Å². The summed E-state index contributed by atoms with van der Waals surface area (Å²) in [6.07, 6.45) is 2.65. The topological polar surface area (TPSA) is 75.7 Å². The highest BCUT2D eigenvalue weighted by molar-refractivity contribution is 7.92. The minimum Gasteiger partial charge on any atom is -0.484 e. The number of carbonyl (C=O) groups excluding carboxylic acids is 1. The van der Waals surface area contributed by atoms with E-state index in [-0.39, 0.29) is 17.4 Å². The molecule has 3 rings (SSSR count). The van der Waals surface area contributed by atoms with Crippen molar-refractivity contribution < 1.29 is 17.9 Å². The Bertz CT molecular complexity index is 957. The number of aryl methyl sites for hydroxylation is 1. The molecule has 7 heteroatoms. The zero-order valence-electron chi connectivity index (χ0n) is 16.3. The number of carbonyl (C=O) groups is 1. The van der Waals surface area contributed by atoms with Crippen molar-refractivity contribution in [2.45, 2.75) is 38.0 Å². The van der Waals surface area contributed by atoms with Crippen LogP contribution in [0.2, 0.25) is 0 Å². The van der Waals surface area contributed by atoms with Crippen LogP contribution in [-0.4, -0.2) is 34.0 Å². The first-order valence-corrected chi connectivity index (χ1v) is 11.0. The molecular formula is C21H26N2O4S. The number of rotatable bonds is 8. The molecule has 1 aliphatic heterocycles. The van der Waals surface area contributed by atoms with Crippen LogP contribution in [0.1, 0.15) is 30.9 Å². The summed E-state index contributed by atoms with van der Waals surface area (Å²) in [6, 6.07) is 12.3. The van der Waals surface area contributed by atoms with Crippen molar-refractivity contribution in [3.05, 3.63) is 53.6 Å². The zero-order chi connectivity index (χ0) is 20.1. The summed E-state index contributed by atoms with van der Waals surface area (Å²) in [5.74, 6) is 0.324. The number of sulfonamides is 1. The molecule has 0 bridgehead atoms. The van der Waals surface area contributed by atoms with Crippen LogP contribution in [0.15, 0.2) is 47.4 Å². The fourth-order valence-corrected chi connectivity index (χ4v) is 4.82. The molecule has 2 aromatic rings. The summed E-state index contributed by atoms with van der Waals surface area (Å²) in [4.78, 5) is 12.0. The van der Waals surface area contributed by atoms with Crippen molar-refractivity contribution in [1.29, 1.82) is 0 Å². The van der Waals surface area contributed by atoms with Crippen LogP contribution in [0, 0.1) is 6.92 Å². The van der Waals surface area contributed by atoms with E-state index >= 15 is 0 Å². The number of hydrogen-bond donors (Lipinski definition) is 1. The third-order valence-electron chi connectivity index (χ3n) is 4.79. The Balaban J connectivity index is 1.71. The van der Waals surface area contributed by atoms with Gasteiger partial charge in [0.25, 0.3) is 15.9 Å². The van der Waals surface area contributed by atoms with Crippen molar-refractivity contribution in [2.75, 3.05) is 24.0 Å². The molecule has 1 N–H and O–H groups in total. The maximum Gasteiger partial charge on any atom is 0.264 e. The number of benzene rings is 2. The van der Waals surface area contributed by atoms with E-state index in [1.54, 1.807) is 19.1 Å². The first-order valence-electron chi connectivity index (χ1n) is 9.54. The molecule has 6 nitrogen and oxygen atoms in total. The third-order valence-corrected chi connectivity index (χ3v) is 6.60. The lowest BCUT2D eigenvalue weighted by Crippen LogP contribution is -2.30. The van der Waals surface area contributed by atoms with Gasteiger partial charge in [-0.25, -0.2) is 8.42 Å². The molecule has 0 atom stereocenters. The maximum absolute atomic E-state index is 13.1. The molecule has 0 saturated carbocycles. The van der Waals surface area contributed by atoms with Crippen LogP contribution in [0.5, 0.6) is 5.75 Å². The van der Waals surface area contributed by atoms with Gasteiger partial charge in [-0.1, -0.05) is 31.5 Å². The van der Waals surface area contributed by atoms with Gasteiger partial charge < -0.3 is 10.1 Å². The lowest BCUT2D eigenvalue weighted by atomic mass is 10.2. The molecule has 2 aromatic carbocycles. The Morgan fingerprint density at radius 1 is 1.21 bits per heavy atom. The van der Waals surface area contributed by atoms with Crippen molar-refractivity contribution in [3.8, 4) is 5.75 Å². The maximum atomic E-state index is 13.1. The van der Waals surface area contributed by atoms with E-state index in [4.69, 9.17) is 4.74 Å². The third kappa shape index (κ3) is 4.30. The quantitative estimate of drug-likeness (QED) is 0.689. The van der Waals surface area contributed by atoms with Gasteiger partial charge in [-0.05, 0) is 55.2 Å². The van der Waals surface area contributed by atoms with E-state index in [1.165, 1.54) is 10.4 Å². The Labute approximate surface area is 166 Å². The van der Waals surface area contributed by atoms with E-state index in [0.29, 0.717) is 30.8 Å². The van der Waals surface area contributed by atoms with Gasteiger partial charge in [0.2, 0.25) is 0 Å². The number of nitrogens with zero attached hydrogens (tertiary/aromatic N) is 1. The van der Waals surface area contributed by atoms with Crippen LogP contribution < -0.4 is 14.4 Å². The molecule has 0 saturated heterocycles. The molecule has 0 radical (unpaired) electrons. The van der Waals surface area contributed by atoms with Crippen LogP contribution in [0.3, 0.4) is 0 Å². The average molecular weight is 403 g/mol. The smallest absolute Gasteiger partial charge is 0.264 e. The van der Waals surface area contributed by atoms with Crippen molar-refractivity contribution in [2.24, 2.45) is 0 Å². The number of unbranched alkanes of at least 4 members (excludes halogenated alkanes) is 1. The molecule has 1 amide bonds. The number of ether oxygens (including phenoxy) is 1. The van der Waals surface area contributed by atoms with Crippen LogP contribution in [0.4, 0.5) is 5.69 Å². The number of anilines is 1. The van der Waals surface area contributed by atoms with Gasteiger partial charge in [0.1, 0.15) is 5.75 Å². The Kier molecular flexibility index (Phi) is 6.24. The molecule has 0 spiro atoms. The molecular weight excluding hydrogens is 376 g/mol. The van der Waals surface area contributed by atoms with Gasteiger partial charge in [-0.3, -0.25) is 9.10 Å². The van der Waals surface area contributed by atoms with E-state index in [1.807, 2.05) is 24.3 Å². The highest BCUT2D eigenvalue weighted by atomic mass is 32.2. The van der Waals surface area contributed by atoms with E-state index in [9.17, 15) is 13.2 Å². The van der Waals surface area contributed by atoms with Gasteiger partial charge in [0.15, 0.2) is 6.61 Å². The van der Waals surface area contributed by atoms with Gasteiger partial charge in [-0.2, -0.15) is 0 Å². The summed E-state index contributed by atoms with van der Waals surface area (Å²) in [7, 11) is -3.64. The lowest BCUT2D eigenvalue weighted by molar-refractivity contribution is -0.123. The number of fused-ring (bicyclic) bond motifs is 1. The Hall–Kier alpha value is -2.54. The number of amides is 1. The second kappa shape index (κ2) is 8.65. The van der Waals surface area contributed by atoms with Gasteiger partial charge in [0, 0.05) is 13.1 Å². The number of para-hydroxylation sites is 1. The molecule has 1 heterocycles. The lowest BCUT2D eigenvalue weighted by Gasteiger charge is -2.20. The Morgan fingerprint density at radius 2 is 2.00 bits per heavy atom. The summed E-state index contributed by atoms with van der Waals surface area (Å²) in [5.41, 5.74) is 2.45. The molecule has 0 unspecified atom stereocenters. The van der Waals surface area contributed by atoms with Crippen molar-refractivity contribution in [1.82, 2.24) is 5.32 Å². The van der Waals surface area contributed by atoms with Crippen LogP contribution in [-0.2, 0) is 21.2 Å². The van der Waals surface area contributed by atoms with E-state index < -0.39 is 10.0 Å². The zero-order valence-corrected chi connectivity index (χ0v) is 17.1. The predicted molar refractivity (Wildman–Crippen MR) is 109 cm³/mol. The van der Waals surface area contributed by atoms with Gasteiger partial charge >= 0.3 is 0 Å². The van der Waals surface area contributed by atoms with Crippen molar-refractivity contribution in [3.63, 3.8) is 0 Å². The normalized spacial score (nSPS) is 13.3. The molecule has 1 aliphatic rings. The monoisotopic (exact) mass is 402 g/mol. The molecule has 0 aliphatic carbocycles. The minimum absolute atomic E-state index is 0.0872. The first kappa shape index (κ1) is 20.2. The number of nitrogens with one attached hydrogen (secondary N) is 1.